The second kappa shape index (κ2) is 6.76. The quantitative estimate of drug-likeness (QED) is 0.924. The highest BCUT2D eigenvalue weighted by atomic mass is 32.2. The molecule has 1 aliphatic rings. The summed E-state index contributed by atoms with van der Waals surface area (Å²) in [6.45, 7) is 10.8. The Bertz CT molecular complexity index is 443. The first kappa shape index (κ1) is 15.6. The summed E-state index contributed by atoms with van der Waals surface area (Å²) in [5.41, 5.74) is 0.697. The summed E-state index contributed by atoms with van der Waals surface area (Å²) in [7, 11) is 0. The van der Waals surface area contributed by atoms with Crippen molar-refractivity contribution in [3.8, 4) is 0 Å². The zero-order chi connectivity index (χ0) is 14.7. The molecule has 0 aromatic carbocycles. The molecule has 112 valence electrons. The van der Waals surface area contributed by atoms with Gasteiger partial charge in [-0.3, -0.25) is 0 Å². The highest BCUT2D eigenvalue weighted by Gasteiger charge is 2.25. The van der Waals surface area contributed by atoms with E-state index in [4.69, 9.17) is 0 Å². The van der Waals surface area contributed by atoms with Gasteiger partial charge in [-0.1, -0.05) is 27.7 Å². The normalized spacial score (nSPS) is 23.4. The van der Waals surface area contributed by atoms with Crippen molar-refractivity contribution in [2.45, 2.75) is 50.8 Å². The average Bonchev–Trinajstić information content (AvgIpc) is 2.36. The van der Waals surface area contributed by atoms with Crippen LogP contribution >= 0.6 is 11.8 Å². The Morgan fingerprint density at radius 1 is 1.40 bits per heavy atom. The molecule has 1 aromatic rings. The molecule has 0 aliphatic carbocycles. The van der Waals surface area contributed by atoms with Gasteiger partial charge in [0.25, 0.3) is 0 Å². The van der Waals surface area contributed by atoms with Crippen LogP contribution in [0.1, 0.15) is 33.3 Å². The van der Waals surface area contributed by atoms with Crippen molar-refractivity contribution in [3.63, 3.8) is 0 Å². The first-order valence-electron chi connectivity index (χ1n) is 7.24. The number of thioether (sulfide) groups is 1. The fourth-order valence-corrected chi connectivity index (χ4v) is 3.82. The van der Waals surface area contributed by atoms with Crippen LogP contribution in [0.25, 0.3) is 0 Å². The predicted molar refractivity (Wildman–Crippen MR) is 84.9 cm³/mol. The molecule has 0 bridgehead atoms. The third-order valence-corrected chi connectivity index (χ3v) is 4.60. The van der Waals surface area contributed by atoms with Crippen molar-refractivity contribution < 1.29 is 4.39 Å². The molecule has 1 N–H and O–H groups in total. The molecule has 0 saturated carbocycles. The van der Waals surface area contributed by atoms with Gasteiger partial charge in [-0.25, -0.2) is 9.37 Å². The van der Waals surface area contributed by atoms with E-state index in [1.165, 1.54) is 0 Å². The van der Waals surface area contributed by atoms with Crippen LogP contribution in [0.2, 0.25) is 0 Å². The topological polar surface area (TPSA) is 28.2 Å². The van der Waals surface area contributed by atoms with E-state index in [1.54, 1.807) is 12.3 Å². The van der Waals surface area contributed by atoms with Crippen LogP contribution in [0.3, 0.4) is 0 Å². The Balaban J connectivity index is 2.17. The molecular weight excluding hydrogens is 273 g/mol. The number of pyridine rings is 1. The lowest BCUT2D eigenvalue weighted by molar-refractivity contribution is 0.545. The number of nitrogens with zero attached hydrogens (tertiary/aromatic N) is 2. The number of hydrogen-bond donors (Lipinski definition) is 1. The third-order valence-electron chi connectivity index (χ3n) is 3.37. The third kappa shape index (κ3) is 3.85. The molecule has 2 heterocycles. The molecule has 1 aromatic heterocycles. The monoisotopic (exact) mass is 297 g/mol. The largest absolute Gasteiger partial charge is 0.352 e. The Labute approximate surface area is 125 Å². The Hall–Kier alpha value is -0.810. The second-order valence-corrected chi connectivity index (χ2v) is 7.69. The lowest BCUT2D eigenvalue weighted by Gasteiger charge is -2.35. The van der Waals surface area contributed by atoms with Crippen LogP contribution in [0.5, 0.6) is 0 Å². The van der Waals surface area contributed by atoms with Gasteiger partial charge in [0, 0.05) is 47.9 Å². The van der Waals surface area contributed by atoms with Gasteiger partial charge in [0.1, 0.15) is 0 Å². The second-order valence-electron chi connectivity index (χ2n) is 5.81. The molecule has 20 heavy (non-hydrogen) atoms. The maximum atomic E-state index is 14.6. The molecule has 2 atom stereocenters. The van der Waals surface area contributed by atoms with E-state index in [0.717, 1.165) is 13.1 Å². The molecule has 3 nitrogen and oxygen atoms in total. The number of anilines is 1. The fraction of sp³-hybridized carbons (Fsp3) is 0.667. The molecule has 0 amide bonds. The average molecular weight is 297 g/mol. The van der Waals surface area contributed by atoms with Crippen molar-refractivity contribution in [3.05, 3.63) is 23.6 Å². The maximum absolute atomic E-state index is 14.6. The van der Waals surface area contributed by atoms with E-state index in [-0.39, 0.29) is 5.82 Å². The minimum atomic E-state index is -0.174. The van der Waals surface area contributed by atoms with E-state index < -0.39 is 0 Å². The Morgan fingerprint density at radius 3 is 2.65 bits per heavy atom. The van der Waals surface area contributed by atoms with E-state index in [1.807, 2.05) is 11.8 Å². The van der Waals surface area contributed by atoms with Crippen LogP contribution < -0.4 is 10.2 Å². The van der Waals surface area contributed by atoms with E-state index in [0.29, 0.717) is 34.5 Å². The molecule has 0 spiro atoms. The molecule has 2 rings (SSSR count). The van der Waals surface area contributed by atoms with Crippen molar-refractivity contribution in [1.29, 1.82) is 0 Å². The van der Waals surface area contributed by atoms with Gasteiger partial charge < -0.3 is 10.2 Å². The van der Waals surface area contributed by atoms with Crippen LogP contribution in [0.4, 0.5) is 10.2 Å². The van der Waals surface area contributed by atoms with Crippen LogP contribution in [-0.4, -0.2) is 34.6 Å². The molecule has 5 heteroatoms. The molecule has 0 radical (unpaired) electrons. The van der Waals surface area contributed by atoms with E-state index in [2.05, 4.69) is 42.9 Å². The van der Waals surface area contributed by atoms with Gasteiger partial charge in [-0.15, -0.1) is 0 Å². The number of rotatable bonds is 4. The lowest BCUT2D eigenvalue weighted by Crippen LogP contribution is -2.41. The highest BCUT2D eigenvalue weighted by molar-refractivity contribution is 8.00. The zero-order valence-corrected chi connectivity index (χ0v) is 13.5. The standard InChI is InChI=1S/C15H24FN3S/c1-10(2)18-7-13-5-6-17-15(14(13)16)19-8-11(3)20-12(4)9-19/h5-6,10-12,18H,7-9H2,1-4H3. The van der Waals surface area contributed by atoms with Gasteiger partial charge in [0.15, 0.2) is 11.6 Å². The molecular formula is C15H24FN3S. The van der Waals surface area contributed by atoms with Crippen LogP contribution in [0, 0.1) is 5.82 Å². The van der Waals surface area contributed by atoms with Gasteiger partial charge in [-0.05, 0) is 6.07 Å². The Morgan fingerprint density at radius 2 is 2.05 bits per heavy atom. The predicted octanol–water partition coefficient (Wildman–Crippen LogP) is 3.05. The minimum Gasteiger partial charge on any atom is -0.352 e. The summed E-state index contributed by atoms with van der Waals surface area (Å²) in [6, 6.07) is 2.11. The minimum absolute atomic E-state index is 0.174. The number of nitrogens with one attached hydrogen (secondary N) is 1. The van der Waals surface area contributed by atoms with Gasteiger partial charge in [0.05, 0.1) is 0 Å². The molecule has 1 fully saturated rings. The first-order valence-corrected chi connectivity index (χ1v) is 8.18. The first-order chi connectivity index (χ1) is 9.47. The van der Waals surface area contributed by atoms with Crippen molar-refractivity contribution >= 4 is 17.6 Å². The van der Waals surface area contributed by atoms with Crippen molar-refractivity contribution in [2.75, 3.05) is 18.0 Å². The number of aromatic nitrogens is 1. The van der Waals surface area contributed by atoms with Crippen molar-refractivity contribution in [2.24, 2.45) is 0 Å². The van der Waals surface area contributed by atoms with Crippen LogP contribution in [0.15, 0.2) is 12.3 Å². The van der Waals surface area contributed by atoms with Crippen LogP contribution in [-0.2, 0) is 6.54 Å². The van der Waals surface area contributed by atoms with E-state index >= 15 is 0 Å². The molecule has 2 unspecified atom stereocenters. The summed E-state index contributed by atoms with van der Waals surface area (Å²) < 4.78 is 14.6. The number of halogens is 1. The zero-order valence-electron chi connectivity index (χ0n) is 12.7. The smallest absolute Gasteiger partial charge is 0.170 e. The Kier molecular flexibility index (Phi) is 5.27. The fourth-order valence-electron chi connectivity index (χ4n) is 2.49. The lowest BCUT2D eigenvalue weighted by atomic mass is 10.2. The summed E-state index contributed by atoms with van der Waals surface area (Å²) in [6.07, 6.45) is 1.72. The molecule has 1 aliphatic heterocycles. The number of hydrogen-bond acceptors (Lipinski definition) is 4. The SMILES string of the molecule is CC(C)NCc1ccnc(N2CC(C)SC(C)C2)c1F. The van der Waals surface area contributed by atoms with E-state index in [9.17, 15) is 4.39 Å². The summed E-state index contributed by atoms with van der Waals surface area (Å²) in [5.74, 6) is 0.332. The van der Waals surface area contributed by atoms with Crippen molar-refractivity contribution in [1.82, 2.24) is 10.3 Å². The van der Waals surface area contributed by atoms with Gasteiger partial charge in [0.2, 0.25) is 0 Å². The highest BCUT2D eigenvalue weighted by Crippen LogP contribution is 2.29. The summed E-state index contributed by atoms with van der Waals surface area (Å²) >= 11 is 1.96. The maximum Gasteiger partial charge on any atom is 0.170 e. The van der Waals surface area contributed by atoms with Gasteiger partial charge in [-0.2, -0.15) is 11.8 Å². The van der Waals surface area contributed by atoms with Gasteiger partial charge >= 0.3 is 0 Å². The summed E-state index contributed by atoms with van der Waals surface area (Å²) in [5, 5.41) is 4.28. The summed E-state index contributed by atoms with van der Waals surface area (Å²) in [4.78, 5) is 6.36. The molecule has 1 saturated heterocycles.